The number of aromatic nitrogens is 4. The fourth-order valence-electron chi connectivity index (χ4n) is 4.10. The van der Waals surface area contributed by atoms with Crippen molar-refractivity contribution in [3.63, 3.8) is 0 Å². The zero-order valence-electron chi connectivity index (χ0n) is 14.8. The Kier molecular flexibility index (Phi) is 4.31. The molecule has 2 heterocycles. The maximum atomic E-state index is 12.8. The van der Waals surface area contributed by atoms with Crippen molar-refractivity contribution in [2.24, 2.45) is 0 Å². The lowest BCUT2D eigenvalue weighted by molar-refractivity contribution is -0.123. The summed E-state index contributed by atoms with van der Waals surface area (Å²) in [4.78, 5) is 21.7. The first kappa shape index (κ1) is 16.3. The van der Waals surface area contributed by atoms with Gasteiger partial charge < -0.3 is 14.4 Å². The largest absolute Gasteiger partial charge is 0.342 e. The van der Waals surface area contributed by atoms with E-state index in [0.717, 1.165) is 44.2 Å². The molecule has 1 amide bonds. The lowest BCUT2D eigenvalue weighted by Gasteiger charge is -2.27. The molecule has 4 rings (SSSR count). The molecule has 0 unspecified atom stereocenters. The van der Waals surface area contributed by atoms with Crippen molar-refractivity contribution in [1.82, 2.24) is 25.0 Å². The topological polar surface area (TPSA) is 85.8 Å². The van der Waals surface area contributed by atoms with Crippen LogP contribution in [0, 0.1) is 0 Å². The van der Waals surface area contributed by atoms with Crippen molar-refractivity contribution in [3.8, 4) is 0 Å². The van der Waals surface area contributed by atoms with Crippen molar-refractivity contribution in [1.29, 1.82) is 0 Å². The highest BCUT2D eigenvalue weighted by molar-refractivity contribution is 5.77. The highest BCUT2D eigenvalue weighted by Crippen LogP contribution is 2.37. The third-order valence-electron chi connectivity index (χ3n) is 5.46. The standard InChI is InChI=1S/C18H25N5O2/c1-2-16-20-17(22-25-16)18(9-5-6-10-18)21-15(24)11-23-12-19-13-7-3-4-8-14(13)23/h12H,2-11H2,1H3,(H,21,24). The first-order valence-electron chi connectivity index (χ1n) is 9.37. The van der Waals surface area contributed by atoms with Crippen molar-refractivity contribution in [2.75, 3.05) is 0 Å². The molecule has 2 aliphatic rings. The predicted molar refractivity (Wildman–Crippen MR) is 90.8 cm³/mol. The van der Waals surface area contributed by atoms with Crippen LogP contribution in [0.3, 0.4) is 0 Å². The number of hydrogen-bond donors (Lipinski definition) is 1. The van der Waals surface area contributed by atoms with Gasteiger partial charge in [0.2, 0.25) is 11.8 Å². The molecule has 2 aromatic heterocycles. The summed E-state index contributed by atoms with van der Waals surface area (Å²) in [7, 11) is 0. The molecule has 1 N–H and O–H groups in total. The summed E-state index contributed by atoms with van der Waals surface area (Å²) in [5, 5.41) is 7.36. The average molecular weight is 343 g/mol. The quantitative estimate of drug-likeness (QED) is 0.900. The summed E-state index contributed by atoms with van der Waals surface area (Å²) in [5.74, 6) is 1.25. The number of carbonyl (C=O) groups is 1. The van der Waals surface area contributed by atoms with Gasteiger partial charge in [0, 0.05) is 12.1 Å². The zero-order valence-corrected chi connectivity index (χ0v) is 14.8. The van der Waals surface area contributed by atoms with Gasteiger partial charge >= 0.3 is 0 Å². The second kappa shape index (κ2) is 6.61. The van der Waals surface area contributed by atoms with Gasteiger partial charge in [0.25, 0.3) is 0 Å². The highest BCUT2D eigenvalue weighted by atomic mass is 16.5. The fourth-order valence-corrected chi connectivity index (χ4v) is 4.10. The van der Waals surface area contributed by atoms with E-state index in [-0.39, 0.29) is 5.91 Å². The fraction of sp³-hybridized carbons (Fsp3) is 0.667. The number of fused-ring (bicyclic) bond motifs is 1. The number of rotatable bonds is 5. The first-order chi connectivity index (χ1) is 12.2. The monoisotopic (exact) mass is 343 g/mol. The number of carbonyl (C=O) groups excluding carboxylic acids is 1. The molecule has 0 aliphatic heterocycles. The minimum absolute atomic E-state index is 0.00415. The van der Waals surface area contributed by atoms with E-state index in [9.17, 15) is 4.79 Å². The predicted octanol–water partition coefficient (Wildman–Crippen LogP) is 2.29. The molecule has 0 spiro atoms. The molecule has 0 aromatic carbocycles. The molecule has 1 saturated carbocycles. The summed E-state index contributed by atoms with van der Waals surface area (Å²) < 4.78 is 7.29. The second-order valence-corrected chi connectivity index (χ2v) is 7.18. The van der Waals surface area contributed by atoms with E-state index in [1.807, 2.05) is 11.5 Å². The Morgan fingerprint density at radius 3 is 2.84 bits per heavy atom. The minimum Gasteiger partial charge on any atom is -0.342 e. The Labute approximate surface area is 147 Å². The lowest BCUT2D eigenvalue weighted by Crippen LogP contribution is -2.46. The Hall–Kier alpha value is -2.18. The Morgan fingerprint density at radius 2 is 2.08 bits per heavy atom. The van der Waals surface area contributed by atoms with Crippen LogP contribution in [0.1, 0.15) is 68.6 Å². The smallest absolute Gasteiger partial charge is 0.240 e. The van der Waals surface area contributed by atoms with Gasteiger partial charge in [-0.2, -0.15) is 4.98 Å². The Balaban J connectivity index is 1.51. The first-order valence-corrected chi connectivity index (χ1v) is 9.37. The molecule has 0 saturated heterocycles. The highest BCUT2D eigenvalue weighted by Gasteiger charge is 2.41. The van der Waals surface area contributed by atoms with E-state index in [1.54, 1.807) is 6.33 Å². The summed E-state index contributed by atoms with van der Waals surface area (Å²) in [6.45, 7) is 2.29. The van der Waals surface area contributed by atoms with Crippen molar-refractivity contribution in [2.45, 2.75) is 76.8 Å². The van der Waals surface area contributed by atoms with Crippen LogP contribution in [0.4, 0.5) is 0 Å². The van der Waals surface area contributed by atoms with Crippen LogP contribution in [0.2, 0.25) is 0 Å². The average Bonchev–Trinajstić information content (AvgIpc) is 3.35. The van der Waals surface area contributed by atoms with Crippen LogP contribution in [-0.4, -0.2) is 25.6 Å². The molecule has 7 heteroatoms. The summed E-state index contributed by atoms with van der Waals surface area (Å²) >= 11 is 0. The summed E-state index contributed by atoms with van der Waals surface area (Å²) in [6, 6.07) is 0. The van der Waals surface area contributed by atoms with Gasteiger partial charge in [0.15, 0.2) is 5.82 Å². The maximum Gasteiger partial charge on any atom is 0.240 e. The molecule has 0 bridgehead atoms. The Morgan fingerprint density at radius 1 is 1.28 bits per heavy atom. The molecule has 0 atom stereocenters. The second-order valence-electron chi connectivity index (χ2n) is 7.18. The van der Waals surface area contributed by atoms with Crippen molar-refractivity contribution < 1.29 is 9.32 Å². The molecular weight excluding hydrogens is 318 g/mol. The maximum absolute atomic E-state index is 12.8. The number of hydrogen-bond acceptors (Lipinski definition) is 5. The van der Waals surface area contributed by atoms with E-state index < -0.39 is 5.54 Å². The van der Waals surface area contributed by atoms with Crippen LogP contribution in [0.25, 0.3) is 0 Å². The molecule has 0 radical (unpaired) electrons. The van der Waals surface area contributed by atoms with Crippen molar-refractivity contribution in [3.05, 3.63) is 29.4 Å². The summed E-state index contributed by atoms with van der Waals surface area (Å²) in [5.41, 5.74) is 1.89. The normalized spacial score (nSPS) is 18.9. The molecule has 2 aliphatic carbocycles. The molecular formula is C18H25N5O2. The van der Waals surface area contributed by atoms with Gasteiger partial charge in [0.1, 0.15) is 12.1 Å². The van der Waals surface area contributed by atoms with E-state index in [1.165, 1.54) is 18.5 Å². The van der Waals surface area contributed by atoms with Gasteiger partial charge in [0.05, 0.1) is 12.0 Å². The summed E-state index contributed by atoms with van der Waals surface area (Å²) in [6.07, 6.45) is 10.8. The van der Waals surface area contributed by atoms with E-state index in [4.69, 9.17) is 4.52 Å². The third-order valence-corrected chi connectivity index (χ3v) is 5.46. The van der Waals surface area contributed by atoms with E-state index in [0.29, 0.717) is 24.7 Å². The van der Waals surface area contributed by atoms with Gasteiger partial charge in [-0.25, -0.2) is 4.98 Å². The Bertz CT molecular complexity index is 757. The van der Waals surface area contributed by atoms with E-state index >= 15 is 0 Å². The third kappa shape index (κ3) is 3.07. The van der Waals surface area contributed by atoms with Gasteiger partial charge in [-0.1, -0.05) is 24.9 Å². The number of nitrogens with zero attached hydrogens (tertiary/aromatic N) is 4. The number of amides is 1. The molecule has 25 heavy (non-hydrogen) atoms. The molecule has 7 nitrogen and oxygen atoms in total. The number of imidazole rings is 1. The zero-order chi connectivity index (χ0) is 17.3. The lowest BCUT2D eigenvalue weighted by atomic mass is 9.96. The SMILES string of the molecule is CCc1nc(C2(NC(=O)Cn3cnc4c3CCCC4)CCCC2)no1. The molecule has 2 aromatic rings. The van der Waals surface area contributed by atoms with Crippen molar-refractivity contribution >= 4 is 5.91 Å². The van der Waals surface area contributed by atoms with Gasteiger partial charge in [-0.15, -0.1) is 0 Å². The van der Waals surface area contributed by atoms with Crippen LogP contribution in [-0.2, 0) is 36.1 Å². The van der Waals surface area contributed by atoms with Crippen LogP contribution in [0.15, 0.2) is 10.9 Å². The minimum atomic E-state index is -0.478. The number of aryl methyl sites for hydroxylation is 2. The van der Waals surface area contributed by atoms with Crippen LogP contribution in [0.5, 0.6) is 0 Å². The van der Waals surface area contributed by atoms with Crippen LogP contribution < -0.4 is 5.32 Å². The molecule has 134 valence electrons. The molecule has 1 fully saturated rings. The van der Waals surface area contributed by atoms with Gasteiger partial charge in [-0.3, -0.25) is 4.79 Å². The van der Waals surface area contributed by atoms with Crippen LogP contribution >= 0.6 is 0 Å². The van der Waals surface area contributed by atoms with Gasteiger partial charge in [-0.05, 0) is 38.5 Å². The van der Waals surface area contributed by atoms with E-state index in [2.05, 4.69) is 20.4 Å². The number of nitrogens with one attached hydrogen (secondary N) is 1.